The number of halogens is 1. The number of aliphatic hydroxyl groups is 1. The molecule has 0 saturated heterocycles. The molecular weight excluding hydrogens is 286 g/mol. The fraction of sp³-hybridized carbons (Fsp3) is 0.294. The van der Waals surface area contributed by atoms with Crippen molar-refractivity contribution in [2.75, 3.05) is 20.2 Å². The summed E-state index contributed by atoms with van der Waals surface area (Å²) in [6.07, 6.45) is 0.372. The van der Waals surface area contributed by atoms with Crippen molar-refractivity contribution in [3.63, 3.8) is 0 Å². The molecule has 0 unspecified atom stereocenters. The summed E-state index contributed by atoms with van der Waals surface area (Å²) in [5.74, 6) is 0.688. The number of hydrogen-bond donors (Lipinski definition) is 2. The van der Waals surface area contributed by atoms with Crippen molar-refractivity contribution in [2.45, 2.75) is 12.5 Å². The molecule has 112 valence electrons. The molecule has 0 amide bonds. The normalized spacial score (nSPS) is 12.1. The van der Waals surface area contributed by atoms with Crippen LogP contribution in [-0.4, -0.2) is 25.3 Å². The van der Waals surface area contributed by atoms with Crippen LogP contribution in [0.2, 0.25) is 5.02 Å². The van der Waals surface area contributed by atoms with Gasteiger partial charge in [-0.25, -0.2) is 0 Å². The molecule has 0 radical (unpaired) electrons. The van der Waals surface area contributed by atoms with Crippen molar-refractivity contribution in [3.8, 4) is 5.75 Å². The highest BCUT2D eigenvalue weighted by molar-refractivity contribution is 6.32. The van der Waals surface area contributed by atoms with Crippen LogP contribution in [-0.2, 0) is 6.42 Å². The molecule has 0 aliphatic rings. The van der Waals surface area contributed by atoms with Crippen LogP contribution in [0.4, 0.5) is 0 Å². The summed E-state index contributed by atoms with van der Waals surface area (Å²) >= 11 is 6.09. The molecule has 0 aliphatic carbocycles. The Morgan fingerprint density at radius 1 is 1.19 bits per heavy atom. The van der Waals surface area contributed by atoms with Gasteiger partial charge in [-0.15, -0.1) is 0 Å². The van der Waals surface area contributed by atoms with E-state index in [9.17, 15) is 5.11 Å². The lowest BCUT2D eigenvalue weighted by molar-refractivity contribution is 0.175. The second-order valence-corrected chi connectivity index (χ2v) is 5.26. The van der Waals surface area contributed by atoms with Crippen molar-refractivity contribution < 1.29 is 9.84 Å². The highest BCUT2D eigenvalue weighted by Crippen LogP contribution is 2.24. The molecule has 21 heavy (non-hydrogen) atoms. The molecule has 1 atom stereocenters. The Hall–Kier alpha value is -1.55. The number of methoxy groups -OCH3 is 1. The molecule has 2 rings (SSSR count). The average molecular weight is 306 g/mol. The molecule has 0 fully saturated rings. The molecule has 0 aliphatic heterocycles. The maximum absolute atomic E-state index is 10.0. The molecule has 2 N–H and O–H groups in total. The van der Waals surface area contributed by atoms with Crippen molar-refractivity contribution in [2.24, 2.45) is 0 Å². The van der Waals surface area contributed by atoms with Crippen molar-refractivity contribution in [3.05, 3.63) is 64.7 Å². The summed E-state index contributed by atoms with van der Waals surface area (Å²) in [6.45, 7) is 1.32. The van der Waals surface area contributed by atoms with Crippen LogP contribution in [0.25, 0.3) is 0 Å². The monoisotopic (exact) mass is 305 g/mol. The van der Waals surface area contributed by atoms with E-state index in [1.54, 1.807) is 7.11 Å². The van der Waals surface area contributed by atoms with Gasteiger partial charge in [0.1, 0.15) is 5.75 Å². The van der Waals surface area contributed by atoms with Crippen molar-refractivity contribution in [1.82, 2.24) is 5.32 Å². The van der Waals surface area contributed by atoms with Gasteiger partial charge in [-0.3, -0.25) is 0 Å². The first kappa shape index (κ1) is 15.8. The Morgan fingerprint density at radius 3 is 2.62 bits per heavy atom. The van der Waals surface area contributed by atoms with E-state index in [-0.39, 0.29) is 0 Å². The quantitative estimate of drug-likeness (QED) is 0.772. The third-order valence-electron chi connectivity index (χ3n) is 3.33. The van der Waals surface area contributed by atoms with Gasteiger partial charge in [0.25, 0.3) is 0 Å². The molecule has 0 saturated carbocycles. The SMILES string of the molecule is COc1ccc(CCNC[C@@H](O)c2ccccc2)cc1Cl. The van der Waals surface area contributed by atoms with Gasteiger partial charge in [0.2, 0.25) is 0 Å². The number of nitrogens with one attached hydrogen (secondary N) is 1. The maximum atomic E-state index is 10.0. The van der Waals surface area contributed by atoms with Gasteiger partial charge in [-0.1, -0.05) is 48.0 Å². The van der Waals surface area contributed by atoms with E-state index in [1.807, 2.05) is 48.5 Å². The minimum Gasteiger partial charge on any atom is -0.495 e. The Balaban J connectivity index is 1.76. The van der Waals surface area contributed by atoms with Crippen molar-refractivity contribution in [1.29, 1.82) is 0 Å². The molecule has 2 aromatic carbocycles. The molecule has 0 spiro atoms. The lowest BCUT2D eigenvalue weighted by Gasteiger charge is -2.12. The third-order valence-corrected chi connectivity index (χ3v) is 3.62. The zero-order valence-corrected chi connectivity index (χ0v) is 12.8. The van der Waals surface area contributed by atoms with E-state index in [2.05, 4.69) is 5.32 Å². The lowest BCUT2D eigenvalue weighted by atomic mass is 10.1. The minimum atomic E-state index is -0.481. The van der Waals surface area contributed by atoms with Crippen LogP contribution in [0.5, 0.6) is 5.75 Å². The molecule has 3 nitrogen and oxygen atoms in total. The second-order valence-electron chi connectivity index (χ2n) is 4.85. The zero-order chi connectivity index (χ0) is 15.1. The first-order valence-electron chi connectivity index (χ1n) is 6.97. The first-order valence-corrected chi connectivity index (χ1v) is 7.34. The van der Waals surface area contributed by atoms with Gasteiger partial charge >= 0.3 is 0 Å². The van der Waals surface area contributed by atoms with E-state index in [0.29, 0.717) is 17.3 Å². The Morgan fingerprint density at radius 2 is 1.95 bits per heavy atom. The number of aliphatic hydroxyl groups excluding tert-OH is 1. The summed E-state index contributed by atoms with van der Waals surface area (Å²) in [6, 6.07) is 15.4. The number of ether oxygens (including phenoxy) is 1. The van der Waals surface area contributed by atoms with Gasteiger partial charge in [0.15, 0.2) is 0 Å². The largest absolute Gasteiger partial charge is 0.495 e. The smallest absolute Gasteiger partial charge is 0.137 e. The van der Waals surface area contributed by atoms with Crippen LogP contribution < -0.4 is 10.1 Å². The molecular formula is C17H20ClNO2. The zero-order valence-electron chi connectivity index (χ0n) is 12.1. The van der Waals surface area contributed by atoms with Crippen LogP contribution in [0.15, 0.2) is 48.5 Å². The Kier molecular flexibility index (Phi) is 6.05. The Labute approximate surface area is 130 Å². The fourth-order valence-corrected chi connectivity index (χ4v) is 2.41. The number of rotatable bonds is 7. The Bertz CT molecular complexity index is 560. The van der Waals surface area contributed by atoms with E-state index in [4.69, 9.17) is 16.3 Å². The standard InChI is InChI=1S/C17H20ClNO2/c1-21-17-8-7-13(11-15(17)18)9-10-19-12-16(20)14-5-3-2-4-6-14/h2-8,11,16,19-20H,9-10,12H2,1H3/t16-/m1/s1. The summed E-state index contributed by atoms with van der Waals surface area (Å²) in [7, 11) is 1.60. The van der Waals surface area contributed by atoms with E-state index in [0.717, 1.165) is 24.1 Å². The topological polar surface area (TPSA) is 41.5 Å². The van der Waals surface area contributed by atoms with Gasteiger partial charge in [-0.05, 0) is 36.2 Å². The molecule has 0 bridgehead atoms. The van der Waals surface area contributed by atoms with Crippen LogP contribution in [0, 0.1) is 0 Å². The minimum absolute atomic E-state index is 0.481. The van der Waals surface area contributed by atoms with Crippen LogP contribution in [0.3, 0.4) is 0 Å². The predicted molar refractivity (Wildman–Crippen MR) is 86.0 cm³/mol. The number of hydrogen-bond acceptors (Lipinski definition) is 3. The van der Waals surface area contributed by atoms with Gasteiger partial charge in [-0.2, -0.15) is 0 Å². The molecule has 0 aromatic heterocycles. The lowest BCUT2D eigenvalue weighted by Crippen LogP contribution is -2.23. The third kappa shape index (κ3) is 4.74. The second kappa shape index (κ2) is 8.03. The predicted octanol–water partition coefficient (Wildman–Crippen LogP) is 3.21. The van der Waals surface area contributed by atoms with E-state index < -0.39 is 6.10 Å². The average Bonchev–Trinajstić information content (AvgIpc) is 2.52. The summed E-state index contributed by atoms with van der Waals surface area (Å²) in [5.41, 5.74) is 2.07. The molecule has 2 aromatic rings. The van der Waals surface area contributed by atoms with Gasteiger partial charge in [0.05, 0.1) is 18.2 Å². The summed E-state index contributed by atoms with van der Waals surface area (Å²) in [5, 5.41) is 13.9. The van der Waals surface area contributed by atoms with Gasteiger partial charge in [0, 0.05) is 6.54 Å². The molecule has 0 heterocycles. The van der Waals surface area contributed by atoms with Crippen molar-refractivity contribution >= 4 is 11.6 Å². The van der Waals surface area contributed by atoms with E-state index >= 15 is 0 Å². The van der Waals surface area contributed by atoms with Crippen LogP contribution >= 0.6 is 11.6 Å². The summed E-state index contributed by atoms with van der Waals surface area (Å²) in [4.78, 5) is 0. The fourth-order valence-electron chi connectivity index (χ4n) is 2.13. The van der Waals surface area contributed by atoms with Crippen LogP contribution in [0.1, 0.15) is 17.2 Å². The maximum Gasteiger partial charge on any atom is 0.137 e. The van der Waals surface area contributed by atoms with Gasteiger partial charge < -0.3 is 15.2 Å². The number of benzene rings is 2. The van der Waals surface area contributed by atoms with E-state index in [1.165, 1.54) is 0 Å². The first-order chi connectivity index (χ1) is 10.2. The summed E-state index contributed by atoms with van der Waals surface area (Å²) < 4.78 is 5.13. The molecule has 4 heteroatoms. The highest BCUT2D eigenvalue weighted by atomic mass is 35.5. The highest BCUT2D eigenvalue weighted by Gasteiger charge is 2.06.